The molecule has 2 atom stereocenters. The second-order valence-corrected chi connectivity index (χ2v) is 22.4. The molecule has 0 heterocycles. The third-order valence-corrected chi connectivity index (χ3v) is 15.3. The first-order chi connectivity index (χ1) is 36.5. The van der Waals surface area contributed by atoms with E-state index in [1.807, 2.05) is 83.1 Å². The molecule has 0 amide bonds. The summed E-state index contributed by atoms with van der Waals surface area (Å²) >= 11 is 0. The summed E-state index contributed by atoms with van der Waals surface area (Å²) in [5.74, 6) is 1.47. The van der Waals surface area contributed by atoms with Crippen LogP contribution >= 0.6 is 0 Å². The lowest BCUT2D eigenvalue weighted by Gasteiger charge is -2.27. The largest absolute Gasteiger partial charge is 0.377 e. The summed E-state index contributed by atoms with van der Waals surface area (Å²) in [5.41, 5.74) is 15.5. The van der Waals surface area contributed by atoms with Gasteiger partial charge in [0.15, 0.2) is 0 Å². The number of hydrogen-bond acceptors (Lipinski definition) is 4. The molecule has 8 rings (SSSR count). The predicted octanol–water partition coefficient (Wildman–Crippen LogP) is 23.9. The highest BCUT2D eigenvalue weighted by Gasteiger charge is 2.36. The summed E-state index contributed by atoms with van der Waals surface area (Å²) in [7, 11) is 0. The van der Waals surface area contributed by atoms with Gasteiger partial charge in [0.25, 0.3) is 0 Å². The van der Waals surface area contributed by atoms with Gasteiger partial charge in [0.2, 0.25) is 0 Å². The molecule has 452 valence electrons. The van der Waals surface area contributed by atoms with E-state index in [0.29, 0.717) is 21.7 Å². The van der Waals surface area contributed by atoms with E-state index in [2.05, 4.69) is 165 Å². The third kappa shape index (κ3) is 26.8. The molecule has 4 nitrogen and oxygen atoms in total. The van der Waals surface area contributed by atoms with E-state index in [4.69, 9.17) is 18.9 Å². The zero-order chi connectivity index (χ0) is 57.2. The van der Waals surface area contributed by atoms with Crippen LogP contribution in [0, 0.1) is 21.7 Å². The van der Waals surface area contributed by atoms with Gasteiger partial charge in [-0.2, -0.15) is 0 Å². The Morgan fingerprint density at radius 1 is 0.380 bits per heavy atom. The summed E-state index contributed by atoms with van der Waals surface area (Å²) in [4.78, 5) is 0. The first kappa shape index (κ1) is 79.4. The van der Waals surface area contributed by atoms with Crippen LogP contribution in [0.3, 0.4) is 0 Å². The van der Waals surface area contributed by atoms with Crippen LogP contribution < -0.4 is 0 Å². The van der Waals surface area contributed by atoms with E-state index >= 15 is 0 Å². The summed E-state index contributed by atoms with van der Waals surface area (Å²) in [6, 6.07) is 35.6. The molecule has 79 heavy (non-hydrogen) atoms. The molecule has 4 aliphatic carbocycles. The van der Waals surface area contributed by atoms with Crippen molar-refractivity contribution in [1.29, 1.82) is 0 Å². The maximum absolute atomic E-state index is 5.49. The van der Waals surface area contributed by atoms with Crippen molar-refractivity contribution in [2.75, 3.05) is 26.4 Å². The van der Waals surface area contributed by atoms with Crippen molar-refractivity contribution >= 4 is 11.1 Å². The Balaban J connectivity index is -0.000000922. The van der Waals surface area contributed by atoms with E-state index in [1.54, 1.807) is 0 Å². The van der Waals surface area contributed by atoms with Crippen molar-refractivity contribution < 1.29 is 18.9 Å². The van der Waals surface area contributed by atoms with Crippen molar-refractivity contribution in [3.8, 4) is 0 Å². The molecular weight excluding hydrogens is 965 g/mol. The van der Waals surface area contributed by atoms with Crippen LogP contribution in [0.4, 0.5) is 0 Å². The molecule has 0 N–H and O–H groups in total. The normalized spacial score (nSPS) is 18.0. The summed E-state index contributed by atoms with van der Waals surface area (Å²) in [6.45, 7) is 49.2. The summed E-state index contributed by atoms with van der Waals surface area (Å²) in [5, 5.41) is 0. The van der Waals surface area contributed by atoms with Gasteiger partial charge >= 0.3 is 0 Å². The molecule has 4 aliphatic rings. The Kier molecular flexibility index (Phi) is 43.2. The van der Waals surface area contributed by atoms with Gasteiger partial charge in [0.1, 0.15) is 0 Å². The molecule has 4 aromatic carbocycles. The molecule has 0 aromatic heterocycles. The second kappa shape index (κ2) is 43.0. The van der Waals surface area contributed by atoms with Gasteiger partial charge in [-0.05, 0) is 174 Å². The molecule has 0 spiro atoms. The fourth-order valence-electron chi connectivity index (χ4n) is 11.1. The van der Waals surface area contributed by atoms with Gasteiger partial charge in [-0.3, -0.25) is 0 Å². The quantitative estimate of drug-likeness (QED) is 0.112. The average Bonchev–Trinajstić information content (AvgIpc) is 4.21. The Hall–Kier alpha value is -3.80. The number of hydrogen-bond donors (Lipinski definition) is 0. The predicted molar refractivity (Wildman–Crippen MR) is 355 cm³/mol. The summed E-state index contributed by atoms with van der Waals surface area (Å²) < 4.78 is 21.8. The van der Waals surface area contributed by atoms with Crippen molar-refractivity contribution in [3.05, 3.63) is 154 Å². The van der Waals surface area contributed by atoms with Gasteiger partial charge in [0, 0.05) is 26.4 Å². The maximum atomic E-state index is 5.49. The van der Waals surface area contributed by atoms with Crippen molar-refractivity contribution in [1.82, 2.24) is 0 Å². The van der Waals surface area contributed by atoms with E-state index in [-0.39, 0.29) is 22.3 Å². The fourth-order valence-corrected chi connectivity index (χ4v) is 11.1. The van der Waals surface area contributed by atoms with E-state index in [1.165, 1.54) is 120 Å². The van der Waals surface area contributed by atoms with Gasteiger partial charge in [-0.1, -0.05) is 249 Å². The highest BCUT2D eigenvalue weighted by Crippen LogP contribution is 2.50. The SMILES string of the molecule is C.C.C.CC.CC.CC.CC.CCOCc1ccc(C2=CCCC2(C)C)cc1.CCOCc1ccc(C2CCCC2(C)C)cc1.CCOCc1cccc(C2=CCCC2(C)C)c1.CCOCc1cccc(C2CCCC2(C)C)c1. The van der Waals surface area contributed by atoms with Gasteiger partial charge in [-0.15, -0.1) is 0 Å². The molecule has 2 fully saturated rings. The number of ether oxygens (including phenoxy) is 4. The molecule has 0 saturated heterocycles. The molecule has 2 unspecified atom stereocenters. The van der Waals surface area contributed by atoms with Gasteiger partial charge < -0.3 is 18.9 Å². The van der Waals surface area contributed by atoms with Crippen LogP contribution in [-0.4, -0.2) is 26.4 Å². The van der Waals surface area contributed by atoms with Gasteiger partial charge in [0.05, 0.1) is 26.4 Å². The van der Waals surface area contributed by atoms with Crippen LogP contribution in [0.2, 0.25) is 0 Å². The minimum Gasteiger partial charge on any atom is -0.377 e. The van der Waals surface area contributed by atoms with Crippen molar-refractivity contribution in [3.63, 3.8) is 0 Å². The molecule has 2 saturated carbocycles. The molecule has 4 aromatic rings. The lowest BCUT2D eigenvalue weighted by Crippen LogP contribution is -2.15. The molecule has 4 heteroatoms. The Morgan fingerprint density at radius 2 is 0.734 bits per heavy atom. The minimum absolute atomic E-state index is 0. The lowest BCUT2D eigenvalue weighted by atomic mass is 9.77. The van der Waals surface area contributed by atoms with Crippen molar-refractivity contribution in [2.45, 2.75) is 263 Å². The fraction of sp³-hybridized carbons (Fsp3) is 0.627. The number of benzene rings is 4. The van der Waals surface area contributed by atoms with E-state index in [9.17, 15) is 0 Å². The van der Waals surface area contributed by atoms with Crippen molar-refractivity contribution in [2.24, 2.45) is 21.7 Å². The first-order valence-corrected chi connectivity index (χ1v) is 30.6. The van der Waals surface area contributed by atoms with E-state index < -0.39 is 0 Å². The Bertz CT molecular complexity index is 2150. The lowest BCUT2D eigenvalue weighted by molar-refractivity contribution is 0.134. The van der Waals surface area contributed by atoms with Crippen LogP contribution in [0.5, 0.6) is 0 Å². The maximum Gasteiger partial charge on any atom is 0.0716 e. The second-order valence-electron chi connectivity index (χ2n) is 22.4. The van der Waals surface area contributed by atoms with E-state index in [0.717, 1.165) is 64.7 Å². The van der Waals surface area contributed by atoms with Crippen LogP contribution in [0.25, 0.3) is 11.1 Å². The smallest absolute Gasteiger partial charge is 0.0716 e. The molecule has 0 radical (unpaired) electrons. The third-order valence-electron chi connectivity index (χ3n) is 15.3. The Morgan fingerprint density at radius 3 is 1.10 bits per heavy atom. The zero-order valence-electron chi connectivity index (χ0n) is 52.9. The molecule has 0 bridgehead atoms. The van der Waals surface area contributed by atoms with Crippen LogP contribution in [0.15, 0.2) is 109 Å². The molecular formula is C75H128O4. The van der Waals surface area contributed by atoms with Crippen LogP contribution in [-0.2, 0) is 45.4 Å². The first-order valence-electron chi connectivity index (χ1n) is 30.6. The van der Waals surface area contributed by atoms with Crippen LogP contribution in [0.1, 0.15) is 281 Å². The average molecular weight is 1090 g/mol. The number of rotatable bonds is 16. The highest BCUT2D eigenvalue weighted by atomic mass is 16.5. The highest BCUT2D eigenvalue weighted by molar-refractivity contribution is 5.72. The minimum atomic E-state index is 0. The standard InChI is InChI=1S/C16H24O.C16H22O.C16H24O.C16H22O.4C2H6.3CH4/c2*1-4-17-12-13-7-5-8-14(11-13)15-9-6-10-16(15,2)3;2*1-4-17-12-13-7-9-14(10-8-13)15-6-5-11-16(15,2)3;4*1-2;;;/h5,7-8,11,15H,4,6,9-10,12H2,1-3H3;5,7-9,11H,4,6,10,12H2,1-3H3;7-10,15H,4-6,11-12H2,1-3H3;6-10H,4-5,11-12H2,1-3H3;4*1-2H3;3*1H4. The van der Waals surface area contributed by atoms with Gasteiger partial charge in [-0.25, -0.2) is 0 Å². The topological polar surface area (TPSA) is 36.9 Å². The molecule has 0 aliphatic heterocycles. The summed E-state index contributed by atoms with van der Waals surface area (Å²) in [6.07, 6.45) is 17.9. The monoisotopic (exact) mass is 1090 g/mol. The number of allylic oxidation sites excluding steroid dienone is 4. The Labute approximate surface area is 492 Å². The zero-order valence-corrected chi connectivity index (χ0v) is 52.9.